The van der Waals surface area contributed by atoms with Gasteiger partial charge in [0.15, 0.2) is 0 Å². The van der Waals surface area contributed by atoms with Crippen LogP contribution in [0.1, 0.15) is 44.7 Å². The first-order chi connectivity index (χ1) is 8.20. The van der Waals surface area contributed by atoms with Crippen molar-refractivity contribution in [2.45, 2.75) is 51.7 Å². The maximum Gasteiger partial charge on any atom is 0.110 e. The average Bonchev–Trinajstić information content (AvgIpc) is 2.90. The molecule has 1 N–H and O–H groups in total. The molecular formula is C13H23N3S. The number of nitrogens with zero attached hydrogens (tertiary/aromatic N) is 2. The van der Waals surface area contributed by atoms with E-state index in [2.05, 4.69) is 41.4 Å². The van der Waals surface area contributed by atoms with E-state index in [1.54, 1.807) is 11.3 Å². The van der Waals surface area contributed by atoms with E-state index in [0.29, 0.717) is 18.1 Å². The zero-order valence-electron chi connectivity index (χ0n) is 11.0. The molecule has 1 saturated heterocycles. The maximum absolute atomic E-state index is 4.47. The second-order valence-electron chi connectivity index (χ2n) is 5.10. The first-order valence-electron chi connectivity index (χ1n) is 6.60. The third-order valence-electron chi connectivity index (χ3n) is 3.35. The molecule has 0 aromatic carbocycles. The van der Waals surface area contributed by atoms with Crippen LogP contribution in [0.4, 0.5) is 0 Å². The van der Waals surface area contributed by atoms with Gasteiger partial charge in [0.25, 0.3) is 0 Å². The van der Waals surface area contributed by atoms with E-state index in [1.807, 2.05) is 6.20 Å². The van der Waals surface area contributed by atoms with Crippen LogP contribution in [0, 0.1) is 0 Å². The van der Waals surface area contributed by atoms with Crippen LogP contribution in [0.25, 0.3) is 0 Å². The summed E-state index contributed by atoms with van der Waals surface area (Å²) in [5.74, 6) is 0. The summed E-state index contributed by atoms with van der Waals surface area (Å²) in [5, 5.41) is 6.99. The number of aromatic nitrogens is 1. The fraction of sp³-hybridized carbons (Fsp3) is 0.769. The molecule has 2 rings (SSSR count). The van der Waals surface area contributed by atoms with Gasteiger partial charge in [-0.15, -0.1) is 11.3 Å². The van der Waals surface area contributed by atoms with Crippen LogP contribution < -0.4 is 5.32 Å². The number of thiazole rings is 1. The first-order valence-corrected chi connectivity index (χ1v) is 7.48. The van der Waals surface area contributed by atoms with Crippen LogP contribution in [0.5, 0.6) is 0 Å². The third-order valence-corrected chi connectivity index (χ3v) is 4.23. The molecule has 0 saturated carbocycles. The lowest BCUT2D eigenvalue weighted by Gasteiger charge is -2.25. The standard InChI is InChI=1S/C13H23N3S/c1-4-12(13-14-6-8-17-13)16-7-5-11(9-16)15-10(2)3/h6,8,10-12,15H,4-5,7,9H2,1-3H3. The minimum absolute atomic E-state index is 0.522. The molecule has 0 bridgehead atoms. The molecule has 0 amide bonds. The average molecular weight is 253 g/mol. The SMILES string of the molecule is CCC(c1nccs1)N1CCC(NC(C)C)C1. The van der Waals surface area contributed by atoms with Gasteiger partial charge in [-0.05, 0) is 12.8 Å². The Kier molecular flexibility index (Phi) is 4.54. The first kappa shape index (κ1) is 13.0. The van der Waals surface area contributed by atoms with Crippen LogP contribution >= 0.6 is 11.3 Å². The molecule has 17 heavy (non-hydrogen) atoms. The van der Waals surface area contributed by atoms with Crippen LogP contribution in [-0.2, 0) is 0 Å². The maximum atomic E-state index is 4.47. The van der Waals surface area contributed by atoms with Crippen LogP contribution in [-0.4, -0.2) is 35.1 Å². The Morgan fingerprint density at radius 3 is 3.00 bits per heavy atom. The predicted molar refractivity (Wildman–Crippen MR) is 73.4 cm³/mol. The summed E-state index contributed by atoms with van der Waals surface area (Å²) in [7, 11) is 0. The molecule has 96 valence electrons. The minimum atomic E-state index is 0.522. The lowest BCUT2D eigenvalue weighted by Crippen LogP contribution is -2.37. The highest BCUT2D eigenvalue weighted by atomic mass is 32.1. The molecule has 0 spiro atoms. The van der Waals surface area contributed by atoms with E-state index in [4.69, 9.17) is 0 Å². The Morgan fingerprint density at radius 1 is 1.59 bits per heavy atom. The van der Waals surface area contributed by atoms with Crippen molar-refractivity contribution in [3.8, 4) is 0 Å². The molecule has 1 aromatic rings. The van der Waals surface area contributed by atoms with Gasteiger partial charge in [-0.1, -0.05) is 20.8 Å². The Hall–Kier alpha value is -0.450. The fourth-order valence-electron chi connectivity index (χ4n) is 2.67. The summed E-state index contributed by atoms with van der Waals surface area (Å²) >= 11 is 1.78. The molecule has 3 nitrogen and oxygen atoms in total. The number of hydrogen-bond donors (Lipinski definition) is 1. The van der Waals surface area contributed by atoms with Gasteiger partial charge in [-0.3, -0.25) is 4.90 Å². The number of likely N-dealkylation sites (tertiary alicyclic amines) is 1. The van der Waals surface area contributed by atoms with Crippen molar-refractivity contribution in [2.75, 3.05) is 13.1 Å². The lowest BCUT2D eigenvalue weighted by molar-refractivity contribution is 0.231. The lowest BCUT2D eigenvalue weighted by atomic mass is 10.2. The largest absolute Gasteiger partial charge is 0.310 e. The second kappa shape index (κ2) is 5.94. The van der Waals surface area contributed by atoms with Gasteiger partial charge >= 0.3 is 0 Å². The van der Waals surface area contributed by atoms with Crippen molar-refractivity contribution < 1.29 is 0 Å². The molecule has 2 unspecified atom stereocenters. The molecular weight excluding hydrogens is 230 g/mol. The zero-order valence-corrected chi connectivity index (χ0v) is 11.8. The van der Waals surface area contributed by atoms with Gasteiger partial charge in [0.1, 0.15) is 5.01 Å². The van der Waals surface area contributed by atoms with E-state index < -0.39 is 0 Å². The van der Waals surface area contributed by atoms with Gasteiger partial charge in [0, 0.05) is 36.8 Å². The van der Waals surface area contributed by atoms with Gasteiger partial charge in [-0.25, -0.2) is 4.98 Å². The Morgan fingerprint density at radius 2 is 2.41 bits per heavy atom. The summed E-state index contributed by atoms with van der Waals surface area (Å²) in [5.41, 5.74) is 0. The van der Waals surface area contributed by atoms with E-state index in [-0.39, 0.29) is 0 Å². The van der Waals surface area contributed by atoms with Crippen molar-refractivity contribution in [3.63, 3.8) is 0 Å². The highest BCUT2D eigenvalue weighted by molar-refractivity contribution is 7.09. The van der Waals surface area contributed by atoms with Gasteiger partial charge in [0.2, 0.25) is 0 Å². The summed E-state index contributed by atoms with van der Waals surface area (Å²) in [4.78, 5) is 7.06. The minimum Gasteiger partial charge on any atom is -0.310 e. The summed E-state index contributed by atoms with van der Waals surface area (Å²) in [6.07, 6.45) is 4.34. The van der Waals surface area contributed by atoms with E-state index in [9.17, 15) is 0 Å². The number of hydrogen-bond acceptors (Lipinski definition) is 4. The number of nitrogens with one attached hydrogen (secondary N) is 1. The van der Waals surface area contributed by atoms with E-state index in [1.165, 1.54) is 18.0 Å². The summed E-state index contributed by atoms with van der Waals surface area (Å²) in [6, 6.07) is 1.76. The van der Waals surface area contributed by atoms with Crippen LogP contribution in [0.15, 0.2) is 11.6 Å². The topological polar surface area (TPSA) is 28.2 Å². The second-order valence-corrected chi connectivity index (χ2v) is 6.02. The van der Waals surface area contributed by atoms with Crippen LogP contribution in [0.2, 0.25) is 0 Å². The van der Waals surface area contributed by atoms with Crippen molar-refractivity contribution in [1.82, 2.24) is 15.2 Å². The van der Waals surface area contributed by atoms with E-state index >= 15 is 0 Å². The third kappa shape index (κ3) is 3.27. The molecule has 1 aliphatic rings. The summed E-state index contributed by atoms with van der Waals surface area (Å²) < 4.78 is 0. The van der Waals surface area contributed by atoms with Crippen molar-refractivity contribution >= 4 is 11.3 Å². The molecule has 4 heteroatoms. The van der Waals surface area contributed by atoms with Crippen molar-refractivity contribution in [1.29, 1.82) is 0 Å². The van der Waals surface area contributed by atoms with E-state index in [0.717, 1.165) is 13.0 Å². The zero-order chi connectivity index (χ0) is 12.3. The molecule has 2 heterocycles. The fourth-order valence-corrected chi connectivity index (χ4v) is 3.52. The quantitative estimate of drug-likeness (QED) is 0.874. The Bertz CT molecular complexity index is 323. The monoisotopic (exact) mass is 253 g/mol. The van der Waals surface area contributed by atoms with Gasteiger partial charge in [-0.2, -0.15) is 0 Å². The smallest absolute Gasteiger partial charge is 0.110 e. The molecule has 1 aliphatic heterocycles. The van der Waals surface area contributed by atoms with Gasteiger partial charge in [0.05, 0.1) is 6.04 Å². The normalized spacial score (nSPS) is 23.4. The molecule has 0 radical (unpaired) electrons. The highest BCUT2D eigenvalue weighted by Crippen LogP contribution is 2.29. The molecule has 1 aromatic heterocycles. The molecule has 1 fully saturated rings. The molecule has 0 aliphatic carbocycles. The van der Waals surface area contributed by atoms with Crippen molar-refractivity contribution in [2.24, 2.45) is 0 Å². The molecule has 2 atom stereocenters. The Balaban J connectivity index is 1.94. The summed E-state index contributed by atoms with van der Waals surface area (Å²) in [6.45, 7) is 9.07. The Labute approximate surface area is 108 Å². The highest BCUT2D eigenvalue weighted by Gasteiger charge is 2.29. The number of rotatable bonds is 5. The van der Waals surface area contributed by atoms with Crippen LogP contribution in [0.3, 0.4) is 0 Å². The van der Waals surface area contributed by atoms with Gasteiger partial charge < -0.3 is 5.32 Å². The predicted octanol–water partition coefficient (Wildman–Crippen LogP) is 2.67. The van der Waals surface area contributed by atoms with Crippen molar-refractivity contribution in [3.05, 3.63) is 16.6 Å².